The molecule has 0 spiro atoms. The van der Waals surface area contributed by atoms with Crippen LogP contribution in [0.15, 0.2) is 49.1 Å². The predicted molar refractivity (Wildman–Crippen MR) is 58.6 cm³/mol. The highest BCUT2D eigenvalue weighted by Crippen LogP contribution is 2.14. The lowest BCUT2D eigenvalue weighted by Crippen LogP contribution is -1.79. The molecule has 0 N–H and O–H groups in total. The summed E-state index contributed by atoms with van der Waals surface area (Å²) < 4.78 is 0. The fraction of sp³-hybridized carbons (Fsp3) is 0. The summed E-state index contributed by atoms with van der Waals surface area (Å²) in [7, 11) is 0. The monoisotopic (exact) mass is 190 g/mol. The molecule has 2 heterocycles. The van der Waals surface area contributed by atoms with E-state index in [0.29, 0.717) is 0 Å². The zero-order chi connectivity index (χ0) is 8.23. The molecule has 0 aromatic carbocycles. The van der Waals surface area contributed by atoms with Crippen LogP contribution in [0.4, 0.5) is 0 Å². The van der Waals surface area contributed by atoms with Crippen LogP contribution in [0.2, 0.25) is 0 Å². The standard InChI is InChI=1S/C10H8N2.H3P/c1-3-9(7-11-5-1)10-4-2-6-12-8-10;/h1-8H;1H3. The van der Waals surface area contributed by atoms with Crippen molar-refractivity contribution in [3.05, 3.63) is 49.1 Å². The van der Waals surface area contributed by atoms with E-state index in [9.17, 15) is 0 Å². The molecule has 2 aromatic rings. The summed E-state index contributed by atoms with van der Waals surface area (Å²) in [6, 6.07) is 7.87. The molecule has 0 fully saturated rings. The summed E-state index contributed by atoms with van der Waals surface area (Å²) in [5, 5.41) is 0. The van der Waals surface area contributed by atoms with Gasteiger partial charge in [-0.3, -0.25) is 9.97 Å². The largest absolute Gasteiger partial charge is 0.264 e. The quantitative estimate of drug-likeness (QED) is 0.644. The zero-order valence-corrected chi connectivity index (χ0v) is 8.63. The van der Waals surface area contributed by atoms with Gasteiger partial charge in [-0.25, -0.2) is 0 Å². The van der Waals surface area contributed by atoms with Crippen molar-refractivity contribution >= 4 is 9.90 Å². The van der Waals surface area contributed by atoms with Gasteiger partial charge >= 0.3 is 0 Å². The Morgan fingerprint density at radius 2 is 1.23 bits per heavy atom. The predicted octanol–water partition coefficient (Wildman–Crippen LogP) is 2.20. The second-order valence-electron chi connectivity index (χ2n) is 2.48. The van der Waals surface area contributed by atoms with Crippen LogP contribution < -0.4 is 0 Å². The van der Waals surface area contributed by atoms with Gasteiger partial charge in [-0.2, -0.15) is 9.90 Å². The number of rotatable bonds is 1. The van der Waals surface area contributed by atoms with E-state index in [1.54, 1.807) is 12.4 Å². The van der Waals surface area contributed by atoms with E-state index < -0.39 is 0 Å². The lowest BCUT2D eigenvalue weighted by Gasteiger charge is -1.97. The van der Waals surface area contributed by atoms with Crippen LogP contribution in [0.1, 0.15) is 0 Å². The van der Waals surface area contributed by atoms with Crippen molar-refractivity contribution in [3.8, 4) is 11.1 Å². The molecule has 1 unspecified atom stereocenters. The van der Waals surface area contributed by atoms with Gasteiger partial charge < -0.3 is 0 Å². The SMILES string of the molecule is P.c1cncc(-c2cccnc2)c1. The molecular formula is C10H11N2P. The molecule has 2 nitrogen and oxygen atoms in total. The summed E-state index contributed by atoms with van der Waals surface area (Å²) in [6.07, 6.45) is 7.19. The Bertz CT molecular complexity index is 310. The van der Waals surface area contributed by atoms with Gasteiger partial charge in [-0.05, 0) is 12.1 Å². The maximum absolute atomic E-state index is 4.03. The number of pyridine rings is 2. The molecule has 2 rings (SSSR count). The number of aromatic nitrogens is 2. The second kappa shape index (κ2) is 4.68. The molecule has 3 heteroatoms. The average Bonchev–Trinajstić information content (AvgIpc) is 2.21. The first kappa shape index (κ1) is 9.82. The van der Waals surface area contributed by atoms with Gasteiger partial charge in [0.15, 0.2) is 0 Å². The average molecular weight is 190 g/mol. The van der Waals surface area contributed by atoms with Crippen molar-refractivity contribution in [2.45, 2.75) is 0 Å². The first-order chi connectivity index (χ1) is 5.97. The van der Waals surface area contributed by atoms with Gasteiger partial charge in [-0.1, -0.05) is 12.1 Å². The van der Waals surface area contributed by atoms with E-state index in [0.717, 1.165) is 11.1 Å². The van der Waals surface area contributed by atoms with E-state index >= 15 is 0 Å². The van der Waals surface area contributed by atoms with E-state index in [1.807, 2.05) is 36.7 Å². The molecule has 0 amide bonds. The molecular weight excluding hydrogens is 179 g/mol. The smallest absolute Gasteiger partial charge is 0.0346 e. The van der Waals surface area contributed by atoms with Crippen LogP contribution in [0.3, 0.4) is 0 Å². The molecule has 0 radical (unpaired) electrons. The maximum Gasteiger partial charge on any atom is 0.0346 e. The molecule has 2 aromatic heterocycles. The molecule has 0 aliphatic rings. The van der Waals surface area contributed by atoms with E-state index in [4.69, 9.17) is 0 Å². The Labute approximate surface area is 80.7 Å². The van der Waals surface area contributed by atoms with Crippen LogP contribution in [0, 0.1) is 0 Å². The Morgan fingerprint density at radius 1 is 0.769 bits per heavy atom. The summed E-state index contributed by atoms with van der Waals surface area (Å²) in [4.78, 5) is 8.07. The highest BCUT2D eigenvalue weighted by atomic mass is 31.0. The normalized spacial score (nSPS) is 8.92. The van der Waals surface area contributed by atoms with Crippen LogP contribution >= 0.6 is 9.90 Å². The Balaban J connectivity index is 0.000000845. The number of nitrogens with zero attached hydrogens (tertiary/aromatic N) is 2. The zero-order valence-electron chi connectivity index (χ0n) is 7.22. The minimum absolute atomic E-state index is 0. The van der Waals surface area contributed by atoms with E-state index in [1.165, 1.54) is 0 Å². The van der Waals surface area contributed by atoms with Gasteiger partial charge in [0.1, 0.15) is 0 Å². The minimum atomic E-state index is 0. The Hall–Kier alpha value is -1.27. The number of hydrogen-bond acceptors (Lipinski definition) is 2. The molecule has 66 valence electrons. The molecule has 0 aliphatic carbocycles. The van der Waals surface area contributed by atoms with E-state index in [-0.39, 0.29) is 9.90 Å². The fourth-order valence-electron chi connectivity index (χ4n) is 1.07. The highest BCUT2D eigenvalue weighted by Gasteiger charge is 1.93. The molecule has 0 saturated carbocycles. The minimum Gasteiger partial charge on any atom is -0.264 e. The Morgan fingerprint density at radius 3 is 1.54 bits per heavy atom. The molecule has 1 atom stereocenters. The van der Waals surface area contributed by atoms with Crippen molar-refractivity contribution in [3.63, 3.8) is 0 Å². The lowest BCUT2D eigenvalue weighted by atomic mass is 10.1. The third-order valence-corrected chi connectivity index (χ3v) is 1.66. The highest BCUT2D eigenvalue weighted by molar-refractivity contribution is 6.92. The van der Waals surface area contributed by atoms with Crippen LogP contribution in [-0.4, -0.2) is 9.97 Å². The first-order valence-electron chi connectivity index (χ1n) is 3.77. The van der Waals surface area contributed by atoms with Gasteiger partial charge in [-0.15, -0.1) is 0 Å². The second-order valence-corrected chi connectivity index (χ2v) is 2.48. The van der Waals surface area contributed by atoms with Gasteiger partial charge in [0.2, 0.25) is 0 Å². The van der Waals surface area contributed by atoms with Crippen molar-refractivity contribution < 1.29 is 0 Å². The summed E-state index contributed by atoms with van der Waals surface area (Å²) in [5.41, 5.74) is 2.20. The van der Waals surface area contributed by atoms with Gasteiger partial charge in [0, 0.05) is 35.9 Å². The topological polar surface area (TPSA) is 25.8 Å². The Kier molecular flexibility index (Phi) is 3.53. The van der Waals surface area contributed by atoms with Gasteiger partial charge in [0.05, 0.1) is 0 Å². The first-order valence-corrected chi connectivity index (χ1v) is 3.77. The third-order valence-electron chi connectivity index (χ3n) is 1.66. The molecule has 0 bridgehead atoms. The van der Waals surface area contributed by atoms with Crippen molar-refractivity contribution in [1.29, 1.82) is 0 Å². The van der Waals surface area contributed by atoms with Crippen LogP contribution in [0.5, 0.6) is 0 Å². The summed E-state index contributed by atoms with van der Waals surface area (Å²) in [6.45, 7) is 0. The van der Waals surface area contributed by atoms with E-state index in [2.05, 4.69) is 9.97 Å². The summed E-state index contributed by atoms with van der Waals surface area (Å²) in [5.74, 6) is 0. The van der Waals surface area contributed by atoms with Crippen molar-refractivity contribution in [2.75, 3.05) is 0 Å². The molecule has 0 aliphatic heterocycles. The molecule has 0 saturated heterocycles. The number of hydrogen-bond donors (Lipinski definition) is 0. The molecule has 13 heavy (non-hydrogen) atoms. The van der Waals surface area contributed by atoms with Crippen molar-refractivity contribution in [2.24, 2.45) is 0 Å². The van der Waals surface area contributed by atoms with Crippen molar-refractivity contribution in [1.82, 2.24) is 9.97 Å². The van der Waals surface area contributed by atoms with Crippen LogP contribution in [-0.2, 0) is 0 Å². The lowest BCUT2D eigenvalue weighted by molar-refractivity contribution is 1.30. The third kappa shape index (κ3) is 2.33. The summed E-state index contributed by atoms with van der Waals surface area (Å²) >= 11 is 0. The fourth-order valence-corrected chi connectivity index (χ4v) is 1.07. The maximum atomic E-state index is 4.03. The van der Waals surface area contributed by atoms with Gasteiger partial charge in [0.25, 0.3) is 0 Å². The van der Waals surface area contributed by atoms with Crippen LogP contribution in [0.25, 0.3) is 11.1 Å².